The van der Waals surface area contributed by atoms with Gasteiger partial charge in [0.05, 0.1) is 11.3 Å². The lowest BCUT2D eigenvalue weighted by Crippen LogP contribution is -2.67. The van der Waals surface area contributed by atoms with Gasteiger partial charge < -0.3 is 14.5 Å². The lowest BCUT2D eigenvalue weighted by Gasteiger charge is -2.46. The molecule has 8 nitrogen and oxygen atoms in total. The maximum atomic E-state index is 13.2. The van der Waals surface area contributed by atoms with Crippen LogP contribution in [0, 0.1) is 5.92 Å². The predicted octanol–water partition coefficient (Wildman–Crippen LogP) is 1.40. The summed E-state index contributed by atoms with van der Waals surface area (Å²) in [5.74, 6) is -1.16. The molecule has 0 aromatic heterocycles. The second kappa shape index (κ2) is 7.17. The molecule has 0 radical (unpaired) electrons. The number of benzene rings is 1. The van der Waals surface area contributed by atoms with Gasteiger partial charge in [0.2, 0.25) is 11.6 Å². The highest BCUT2D eigenvalue weighted by molar-refractivity contribution is 6.15. The third-order valence-corrected chi connectivity index (χ3v) is 6.21. The lowest BCUT2D eigenvalue weighted by atomic mass is 9.97. The Kier molecular flexibility index (Phi) is 4.80. The second-order valence-corrected chi connectivity index (χ2v) is 8.09. The van der Waals surface area contributed by atoms with Crippen molar-refractivity contribution in [2.75, 3.05) is 31.6 Å². The van der Waals surface area contributed by atoms with Crippen molar-refractivity contribution >= 4 is 29.4 Å². The fourth-order valence-corrected chi connectivity index (χ4v) is 4.64. The highest BCUT2D eigenvalue weighted by Crippen LogP contribution is 2.44. The summed E-state index contributed by atoms with van der Waals surface area (Å²) in [7, 11) is 1.50. The first kappa shape index (κ1) is 19.4. The minimum Gasteiger partial charge on any atom is -0.452 e. The monoisotopic (exact) mass is 399 g/mol. The molecule has 3 amide bonds. The molecular weight excluding hydrogens is 374 g/mol. The standard InChI is InChI=1S/C21H25N3O5/c1-14-6-5-11-23(12-14)18(26)13-29-20(28)21-10-9-17(25)24(21)16-8-4-3-7-15(16)19(27)22(21)2/h3-4,7-8,14H,5-6,9-13H2,1-2H3/t14-,21+/m1/s1. The van der Waals surface area contributed by atoms with Gasteiger partial charge in [0.15, 0.2) is 6.61 Å². The molecule has 2 fully saturated rings. The summed E-state index contributed by atoms with van der Waals surface area (Å²) in [6.07, 6.45) is 2.27. The van der Waals surface area contributed by atoms with E-state index in [4.69, 9.17) is 4.74 Å². The van der Waals surface area contributed by atoms with E-state index in [0.717, 1.165) is 12.8 Å². The Balaban J connectivity index is 1.57. The highest BCUT2D eigenvalue weighted by atomic mass is 16.5. The molecule has 8 heteroatoms. The average Bonchev–Trinajstić information content (AvgIpc) is 3.08. The second-order valence-electron chi connectivity index (χ2n) is 8.09. The fraction of sp³-hybridized carbons (Fsp3) is 0.524. The first-order valence-electron chi connectivity index (χ1n) is 10.0. The lowest BCUT2D eigenvalue weighted by molar-refractivity contribution is -0.162. The summed E-state index contributed by atoms with van der Waals surface area (Å²) in [6.45, 7) is 3.01. The molecule has 4 rings (SSSR count). The first-order valence-corrected chi connectivity index (χ1v) is 10.0. The zero-order chi connectivity index (χ0) is 20.8. The van der Waals surface area contributed by atoms with Crippen LogP contribution in [-0.2, 0) is 19.1 Å². The van der Waals surface area contributed by atoms with Crippen LogP contribution in [0.3, 0.4) is 0 Å². The molecule has 0 unspecified atom stereocenters. The van der Waals surface area contributed by atoms with Gasteiger partial charge in [-0.05, 0) is 30.9 Å². The number of fused-ring (bicyclic) bond motifs is 3. The molecule has 3 heterocycles. The number of likely N-dealkylation sites (N-methyl/N-ethyl adjacent to an activating group) is 1. The molecule has 0 aliphatic carbocycles. The van der Waals surface area contributed by atoms with Crippen molar-refractivity contribution in [3.8, 4) is 0 Å². The zero-order valence-corrected chi connectivity index (χ0v) is 16.7. The van der Waals surface area contributed by atoms with Gasteiger partial charge in [-0.25, -0.2) is 4.79 Å². The Hall–Kier alpha value is -2.90. The van der Waals surface area contributed by atoms with Crippen LogP contribution >= 0.6 is 0 Å². The number of hydrogen-bond donors (Lipinski definition) is 0. The van der Waals surface area contributed by atoms with Gasteiger partial charge in [0.1, 0.15) is 0 Å². The topological polar surface area (TPSA) is 87.2 Å². The van der Waals surface area contributed by atoms with Gasteiger partial charge in [0, 0.05) is 33.0 Å². The number of anilines is 1. The number of carbonyl (C=O) groups is 4. The van der Waals surface area contributed by atoms with Crippen LogP contribution in [0.15, 0.2) is 24.3 Å². The SMILES string of the molecule is C[C@@H]1CCCN(C(=O)COC(=O)[C@]23CCC(=O)N2c2ccccc2C(=O)N3C)C1. The summed E-state index contributed by atoms with van der Waals surface area (Å²) in [4.78, 5) is 55.6. The molecule has 3 aliphatic heterocycles. The van der Waals surface area contributed by atoms with Gasteiger partial charge in [-0.3, -0.25) is 19.3 Å². The molecule has 1 aromatic rings. The van der Waals surface area contributed by atoms with Crippen LogP contribution in [0.25, 0.3) is 0 Å². The number of piperidine rings is 1. The molecular formula is C21H25N3O5. The number of rotatable bonds is 3. The van der Waals surface area contributed by atoms with E-state index in [1.807, 2.05) is 0 Å². The Morgan fingerprint density at radius 3 is 2.76 bits per heavy atom. The Labute approximate surface area is 169 Å². The highest BCUT2D eigenvalue weighted by Gasteiger charge is 2.60. The van der Waals surface area contributed by atoms with Crippen molar-refractivity contribution < 1.29 is 23.9 Å². The molecule has 154 valence electrons. The Morgan fingerprint density at radius 1 is 1.24 bits per heavy atom. The largest absolute Gasteiger partial charge is 0.452 e. The molecule has 0 bridgehead atoms. The van der Waals surface area contributed by atoms with Crippen molar-refractivity contribution in [1.29, 1.82) is 0 Å². The van der Waals surface area contributed by atoms with Gasteiger partial charge in [-0.1, -0.05) is 19.1 Å². The van der Waals surface area contributed by atoms with Gasteiger partial charge in [-0.15, -0.1) is 0 Å². The minimum absolute atomic E-state index is 0.124. The molecule has 0 spiro atoms. The van der Waals surface area contributed by atoms with Crippen LogP contribution in [0.1, 0.15) is 43.0 Å². The Morgan fingerprint density at radius 2 is 2.00 bits per heavy atom. The van der Waals surface area contributed by atoms with Crippen molar-refractivity contribution in [3.05, 3.63) is 29.8 Å². The molecule has 3 aliphatic rings. The van der Waals surface area contributed by atoms with E-state index in [-0.39, 0.29) is 37.2 Å². The van der Waals surface area contributed by atoms with Gasteiger partial charge in [0.25, 0.3) is 11.8 Å². The summed E-state index contributed by atoms with van der Waals surface area (Å²) < 4.78 is 5.40. The Bertz CT molecular complexity index is 885. The number of carbonyl (C=O) groups excluding carboxylic acids is 4. The third kappa shape index (κ3) is 2.97. The summed E-state index contributed by atoms with van der Waals surface area (Å²) in [6, 6.07) is 6.73. The van der Waals surface area contributed by atoms with E-state index >= 15 is 0 Å². The molecule has 29 heavy (non-hydrogen) atoms. The average molecular weight is 399 g/mol. The third-order valence-electron chi connectivity index (χ3n) is 6.21. The van der Waals surface area contributed by atoms with Crippen molar-refractivity contribution in [1.82, 2.24) is 9.80 Å². The predicted molar refractivity (Wildman–Crippen MR) is 104 cm³/mol. The molecule has 1 aromatic carbocycles. The fourth-order valence-electron chi connectivity index (χ4n) is 4.64. The van der Waals surface area contributed by atoms with Crippen molar-refractivity contribution in [3.63, 3.8) is 0 Å². The molecule has 0 saturated carbocycles. The van der Waals surface area contributed by atoms with Crippen LogP contribution in [0.2, 0.25) is 0 Å². The van der Waals surface area contributed by atoms with Gasteiger partial charge >= 0.3 is 5.97 Å². The quantitative estimate of drug-likeness (QED) is 0.717. The first-order chi connectivity index (χ1) is 13.9. The molecule has 0 N–H and O–H groups in total. The van der Waals surface area contributed by atoms with E-state index in [0.29, 0.717) is 30.3 Å². The molecule has 2 atom stereocenters. The number of esters is 1. The number of nitrogens with zero attached hydrogens (tertiary/aromatic N) is 3. The van der Waals surface area contributed by atoms with Crippen LogP contribution in [0.5, 0.6) is 0 Å². The number of likely N-dealkylation sites (tertiary alicyclic amines) is 1. The molecule has 2 saturated heterocycles. The summed E-state index contributed by atoms with van der Waals surface area (Å²) in [5, 5.41) is 0. The number of para-hydroxylation sites is 1. The maximum absolute atomic E-state index is 13.2. The normalized spacial score (nSPS) is 26.3. The van der Waals surface area contributed by atoms with E-state index < -0.39 is 11.6 Å². The van der Waals surface area contributed by atoms with Crippen LogP contribution in [0.4, 0.5) is 5.69 Å². The van der Waals surface area contributed by atoms with E-state index in [2.05, 4.69) is 6.92 Å². The van der Waals surface area contributed by atoms with Crippen LogP contribution < -0.4 is 4.90 Å². The number of hydrogen-bond acceptors (Lipinski definition) is 5. The zero-order valence-electron chi connectivity index (χ0n) is 16.7. The minimum atomic E-state index is -1.54. The number of amides is 3. The van der Waals surface area contributed by atoms with E-state index in [1.54, 1.807) is 29.2 Å². The number of ether oxygens (including phenoxy) is 1. The van der Waals surface area contributed by atoms with Crippen LogP contribution in [-0.4, -0.2) is 65.9 Å². The van der Waals surface area contributed by atoms with Crippen molar-refractivity contribution in [2.24, 2.45) is 5.92 Å². The smallest absolute Gasteiger partial charge is 0.354 e. The van der Waals surface area contributed by atoms with E-state index in [9.17, 15) is 19.2 Å². The maximum Gasteiger partial charge on any atom is 0.354 e. The van der Waals surface area contributed by atoms with Crippen molar-refractivity contribution in [2.45, 2.75) is 38.3 Å². The summed E-state index contributed by atoms with van der Waals surface area (Å²) >= 11 is 0. The summed E-state index contributed by atoms with van der Waals surface area (Å²) in [5.41, 5.74) is -0.767. The van der Waals surface area contributed by atoms with E-state index in [1.165, 1.54) is 16.8 Å². The van der Waals surface area contributed by atoms with Gasteiger partial charge in [-0.2, -0.15) is 0 Å².